The second-order valence-electron chi connectivity index (χ2n) is 4.42. The van der Waals surface area contributed by atoms with Crippen LogP contribution in [-0.2, 0) is 6.54 Å². The molecule has 1 aliphatic rings. The fraction of sp³-hybridized carbons (Fsp3) is 0.0667. The summed E-state index contributed by atoms with van der Waals surface area (Å²) in [6.07, 6.45) is 1.94. The highest BCUT2D eigenvalue weighted by Gasteiger charge is 2.21. The van der Waals surface area contributed by atoms with Gasteiger partial charge in [0.25, 0.3) is 0 Å². The molecule has 5 heteroatoms. The quantitative estimate of drug-likeness (QED) is 0.819. The number of para-hydroxylation sites is 1. The van der Waals surface area contributed by atoms with Crippen molar-refractivity contribution in [3.05, 3.63) is 69.5 Å². The third-order valence-corrected chi connectivity index (χ3v) is 3.82. The molecule has 0 radical (unpaired) electrons. The Morgan fingerprint density at radius 2 is 1.60 bits per heavy atom. The summed E-state index contributed by atoms with van der Waals surface area (Å²) >= 11 is 12.5. The first-order valence-corrected chi connectivity index (χ1v) is 6.69. The van der Waals surface area contributed by atoms with Gasteiger partial charge in [-0.2, -0.15) is 0 Å². The molecule has 0 aromatic heterocycles. The van der Waals surface area contributed by atoms with E-state index in [1.165, 1.54) is 5.56 Å². The van der Waals surface area contributed by atoms with Crippen molar-refractivity contribution in [2.45, 2.75) is 6.54 Å². The van der Waals surface area contributed by atoms with E-state index in [0.717, 1.165) is 11.3 Å². The highest BCUT2D eigenvalue weighted by molar-refractivity contribution is 6.39. The monoisotopic (exact) mass is 369 g/mol. The summed E-state index contributed by atoms with van der Waals surface area (Å²) in [6, 6.07) is 13.6. The average Bonchev–Trinajstić information content (AvgIpc) is 2.39. The summed E-state index contributed by atoms with van der Waals surface area (Å²) in [5.41, 5.74) is 9.23. The van der Waals surface area contributed by atoms with Gasteiger partial charge in [-0.15, -0.1) is 0 Å². The first-order valence-electron chi connectivity index (χ1n) is 5.93. The Morgan fingerprint density at radius 1 is 0.950 bits per heavy atom. The summed E-state index contributed by atoms with van der Waals surface area (Å²) in [6.45, 7) is 0.669. The highest BCUT2D eigenvalue weighted by Crippen LogP contribution is 2.37. The lowest BCUT2D eigenvalue weighted by atomic mass is 10.0. The van der Waals surface area contributed by atoms with Crippen molar-refractivity contribution in [3.63, 3.8) is 0 Å². The van der Waals surface area contributed by atoms with E-state index in [0.29, 0.717) is 22.4 Å². The number of nitrogens with zero attached hydrogens (tertiary/aromatic N) is 1. The van der Waals surface area contributed by atoms with E-state index in [-0.39, 0.29) is 17.0 Å². The predicted molar refractivity (Wildman–Crippen MR) is 81.3 cm³/mol. The molecular weight excluding hydrogens is 359 g/mol. The van der Waals surface area contributed by atoms with Crippen molar-refractivity contribution in [1.29, 1.82) is 0 Å². The van der Waals surface area contributed by atoms with Crippen LogP contribution >= 0.6 is 23.2 Å². The molecule has 1 heterocycles. The smallest absolute Gasteiger partial charge is 0.104 e. The van der Waals surface area contributed by atoms with E-state index < -0.39 is 0 Å². The van der Waals surface area contributed by atoms with Crippen LogP contribution in [0.15, 0.2) is 48.3 Å². The van der Waals surface area contributed by atoms with Crippen LogP contribution < -0.4 is 27.6 Å². The largest absolute Gasteiger partial charge is 1.00 e. The van der Waals surface area contributed by atoms with Crippen LogP contribution in [0.25, 0.3) is 6.08 Å². The van der Waals surface area contributed by atoms with E-state index in [1.54, 1.807) is 0 Å². The van der Waals surface area contributed by atoms with Crippen LogP contribution in [0.3, 0.4) is 0 Å². The van der Waals surface area contributed by atoms with Gasteiger partial charge >= 0.3 is 0 Å². The summed E-state index contributed by atoms with van der Waals surface area (Å²) < 4.78 is 0. The maximum Gasteiger partial charge on any atom is 0.104 e. The van der Waals surface area contributed by atoms with Gasteiger partial charge < -0.3 is 27.6 Å². The minimum Gasteiger partial charge on any atom is -1.00 e. The SMILES string of the molecule is NC1=Cc2ccccc2CN1c1c(Cl)cccc1Cl.[Br-]. The minimum absolute atomic E-state index is 0. The standard InChI is InChI=1S/C15H12Cl2N2.BrH/c16-12-6-3-7-13(17)15(12)19-9-11-5-2-1-4-10(11)8-14(19)18;/h1-8H,9,18H2;1H/p-1. The van der Waals surface area contributed by atoms with Crippen LogP contribution in [0.5, 0.6) is 0 Å². The molecule has 0 amide bonds. The zero-order valence-electron chi connectivity index (χ0n) is 10.5. The van der Waals surface area contributed by atoms with Gasteiger partial charge in [-0.3, -0.25) is 0 Å². The second kappa shape index (κ2) is 6.08. The molecule has 0 atom stereocenters. The molecule has 2 aromatic rings. The van der Waals surface area contributed by atoms with Gasteiger partial charge in [-0.25, -0.2) is 0 Å². The van der Waals surface area contributed by atoms with Crippen LogP contribution in [0.2, 0.25) is 10.0 Å². The van der Waals surface area contributed by atoms with Crippen LogP contribution in [0, 0.1) is 0 Å². The number of rotatable bonds is 1. The van der Waals surface area contributed by atoms with Crippen molar-refractivity contribution in [2.75, 3.05) is 4.90 Å². The lowest BCUT2D eigenvalue weighted by molar-refractivity contribution is -0.00000359. The number of halogens is 3. The molecule has 0 aliphatic carbocycles. The number of benzene rings is 2. The number of nitrogens with two attached hydrogens (primary N) is 1. The van der Waals surface area contributed by atoms with E-state index in [4.69, 9.17) is 28.9 Å². The maximum absolute atomic E-state index is 6.25. The Bertz CT molecular complexity index is 650. The number of fused-ring (bicyclic) bond motifs is 1. The molecule has 0 unspecified atom stereocenters. The highest BCUT2D eigenvalue weighted by atomic mass is 79.9. The topological polar surface area (TPSA) is 29.3 Å². The molecule has 0 bridgehead atoms. The summed E-state index contributed by atoms with van der Waals surface area (Å²) in [7, 11) is 0. The van der Waals surface area contributed by atoms with Gasteiger partial charge in [-0.1, -0.05) is 53.5 Å². The Morgan fingerprint density at radius 3 is 2.30 bits per heavy atom. The Balaban J connectivity index is 0.00000147. The predicted octanol–water partition coefficient (Wildman–Crippen LogP) is 1.27. The van der Waals surface area contributed by atoms with Gasteiger partial charge in [0.05, 0.1) is 22.3 Å². The number of hydrogen-bond donors (Lipinski definition) is 1. The van der Waals surface area contributed by atoms with Gasteiger partial charge in [-0.05, 0) is 29.3 Å². The zero-order chi connectivity index (χ0) is 13.4. The minimum atomic E-state index is 0. The lowest BCUT2D eigenvalue weighted by Gasteiger charge is -2.30. The van der Waals surface area contributed by atoms with Gasteiger partial charge in [0.2, 0.25) is 0 Å². The molecule has 1 aliphatic heterocycles. The number of hydrogen-bond acceptors (Lipinski definition) is 2. The average molecular weight is 371 g/mol. The molecule has 0 fully saturated rings. The summed E-state index contributed by atoms with van der Waals surface area (Å²) in [5.74, 6) is 0.647. The van der Waals surface area contributed by atoms with Crippen molar-refractivity contribution < 1.29 is 17.0 Å². The number of anilines is 1. The second-order valence-corrected chi connectivity index (χ2v) is 5.24. The molecule has 20 heavy (non-hydrogen) atoms. The molecule has 0 saturated carbocycles. The summed E-state index contributed by atoms with van der Waals surface area (Å²) in [4.78, 5) is 1.94. The Labute approximate surface area is 138 Å². The van der Waals surface area contributed by atoms with E-state index in [1.807, 2.05) is 47.4 Å². The Kier molecular flexibility index (Phi) is 4.63. The van der Waals surface area contributed by atoms with Crippen LogP contribution in [-0.4, -0.2) is 0 Å². The normalized spacial score (nSPS) is 13.3. The van der Waals surface area contributed by atoms with Gasteiger partial charge in [0, 0.05) is 0 Å². The lowest BCUT2D eigenvalue weighted by Crippen LogP contribution is -3.00. The molecule has 3 rings (SSSR count). The third kappa shape index (κ3) is 2.66. The maximum atomic E-state index is 6.25. The van der Waals surface area contributed by atoms with Crippen molar-refractivity contribution >= 4 is 35.0 Å². The van der Waals surface area contributed by atoms with Crippen molar-refractivity contribution in [3.8, 4) is 0 Å². The van der Waals surface area contributed by atoms with E-state index >= 15 is 0 Å². The van der Waals surface area contributed by atoms with Gasteiger partial charge in [0.1, 0.15) is 5.82 Å². The fourth-order valence-electron chi connectivity index (χ4n) is 2.27. The third-order valence-electron chi connectivity index (χ3n) is 3.21. The molecule has 0 saturated heterocycles. The van der Waals surface area contributed by atoms with Crippen molar-refractivity contribution in [1.82, 2.24) is 0 Å². The summed E-state index contributed by atoms with van der Waals surface area (Å²) in [5, 5.41) is 1.20. The fourth-order valence-corrected chi connectivity index (χ4v) is 2.87. The van der Waals surface area contributed by atoms with Crippen molar-refractivity contribution in [2.24, 2.45) is 5.73 Å². The molecule has 104 valence electrons. The molecule has 2 aromatic carbocycles. The van der Waals surface area contributed by atoms with E-state index in [9.17, 15) is 0 Å². The molecule has 0 spiro atoms. The van der Waals surface area contributed by atoms with Crippen LogP contribution in [0.4, 0.5) is 5.69 Å². The van der Waals surface area contributed by atoms with E-state index in [2.05, 4.69) is 6.07 Å². The molecule has 2 N–H and O–H groups in total. The molecular formula is C15H12BrCl2N2-. The zero-order valence-corrected chi connectivity index (χ0v) is 13.6. The molecule has 2 nitrogen and oxygen atoms in total. The van der Waals surface area contributed by atoms with Gasteiger partial charge in [0.15, 0.2) is 0 Å². The Hall–Kier alpha value is -1.16. The first kappa shape index (κ1) is 15.2. The first-order chi connectivity index (χ1) is 9.16. The van der Waals surface area contributed by atoms with Crippen LogP contribution in [0.1, 0.15) is 11.1 Å².